The van der Waals surface area contributed by atoms with E-state index in [-0.39, 0.29) is 5.91 Å². The van der Waals surface area contributed by atoms with Crippen LogP contribution in [0.15, 0.2) is 66.7 Å². The summed E-state index contributed by atoms with van der Waals surface area (Å²) in [4.78, 5) is 21.8. The first-order valence-corrected chi connectivity index (χ1v) is 16.8. The number of anilines is 1. The number of hydrogen-bond acceptors (Lipinski definition) is 6. The van der Waals surface area contributed by atoms with E-state index in [4.69, 9.17) is 10.5 Å². The lowest BCUT2D eigenvalue weighted by Crippen LogP contribution is -2.68. The molecule has 7 nitrogen and oxygen atoms in total. The van der Waals surface area contributed by atoms with Crippen molar-refractivity contribution >= 4 is 11.6 Å². The summed E-state index contributed by atoms with van der Waals surface area (Å²) < 4.78 is 5.89. The van der Waals surface area contributed by atoms with Gasteiger partial charge in [-0.25, -0.2) is 0 Å². The predicted molar refractivity (Wildman–Crippen MR) is 181 cm³/mol. The normalized spacial score (nSPS) is 22.7. The standard InChI is InChI=1S/C38H49N5O2/c1-26(2)32-7-5-6-8-34(32)35-23-41(20-27-9-14-33(36(17-27)45-4)29-21-40(3)22-29)15-16-43(35)31-18-38(19-31)24-42(25-38)30-12-10-28(11-13-30)37(39)44/h5-14,17,26,29,31,35H,15-16,18-25H2,1-4H3,(H2,39,44)/t35-/m0/s1. The van der Waals surface area contributed by atoms with Gasteiger partial charge in [0.25, 0.3) is 0 Å². The van der Waals surface area contributed by atoms with E-state index in [1.807, 2.05) is 31.4 Å². The molecule has 3 aromatic carbocycles. The van der Waals surface area contributed by atoms with Crippen LogP contribution in [-0.2, 0) is 6.54 Å². The van der Waals surface area contributed by atoms with Crippen LogP contribution < -0.4 is 15.4 Å². The van der Waals surface area contributed by atoms with E-state index in [2.05, 4.69) is 83.0 Å². The van der Waals surface area contributed by atoms with E-state index in [0.717, 1.165) is 58.1 Å². The Balaban J connectivity index is 1.04. The molecule has 3 saturated heterocycles. The Bertz CT molecular complexity index is 1520. The van der Waals surface area contributed by atoms with Crippen molar-refractivity contribution in [2.45, 2.75) is 57.2 Å². The summed E-state index contributed by atoms with van der Waals surface area (Å²) in [6, 6.07) is 24.9. The molecule has 3 aromatic rings. The van der Waals surface area contributed by atoms with Gasteiger partial charge >= 0.3 is 0 Å². The second-order valence-electron chi connectivity index (χ2n) is 14.6. The molecule has 3 aliphatic heterocycles. The molecule has 3 heterocycles. The Morgan fingerprint density at radius 2 is 1.69 bits per heavy atom. The van der Waals surface area contributed by atoms with Crippen LogP contribution in [0.4, 0.5) is 5.69 Å². The number of nitrogens with two attached hydrogens (primary N) is 1. The van der Waals surface area contributed by atoms with E-state index < -0.39 is 0 Å². The lowest BCUT2D eigenvalue weighted by molar-refractivity contribution is -0.0647. The number of piperazine rings is 1. The van der Waals surface area contributed by atoms with Gasteiger partial charge in [-0.05, 0) is 78.4 Å². The van der Waals surface area contributed by atoms with Gasteiger partial charge in [-0.2, -0.15) is 0 Å². The summed E-state index contributed by atoms with van der Waals surface area (Å²) in [5.74, 6) is 1.75. The van der Waals surface area contributed by atoms with Gasteiger partial charge < -0.3 is 20.3 Å². The van der Waals surface area contributed by atoms with Gasteiger partial charge in [0.1, 0.15) is 5.75 Å². The SMILES string of the molecule is COc1cc(CN2CCN(C3CC4(C3)CN(c3ccc(C(N)=O)cc3)C4)[C@H](c3ccccc3C(C)C)C2)ccc1C1CN(C)C1. The van der Waals surface area contributed by atoms with Crippen LogP contribution in [0.25, 0.3) is 0 Å². The fraction of sp³-hybridized carbons (Fsp3) is 0.500. The van der Waals surface area contributed by atoms with Crippen molar-refractivity contribution in [1.82, 2.24) is 14.7 Å². The van der Waals surface area contributed by atoms with Crippen molar-refractivity contribution in [2.75, 3.05) is 64.9 Å². The molecule has 1 saturated carbocycles. The molecule has 45 heavy (non-hydrogen) atoms. The average molecular weight is 608 g/mol. The highest BCUT2D eigenvalue weighted by molar-refractivity contribution is 5.93. The predicted octanol–water partition coefficient (Wildman–Crippen LogP) is 5.47. The third-order valence-electron chi connectivity index (χ3n) is 11.1. The first-order chi connectivity index (χ1) is 21.7. The molecule has 238 valence electrons. The average Bonchev–Trinajstić information content (AvgIpc) is 2.99. The minimum Gasteiger partial charge on any atom is -0.496 e. The van der Waals surface area contributed by atoms with Crippen LogP contribution in [0.5, 0.6) is 5.75 Å². The monoisotopic (exact) mass is 607 g/mol. The Labute approximate surface area is 268 Å². The van der Waals surface area contributed by atoms with E-state index >= 15 is 0 Å². The number of primary amides is 1. The van der Waals surface area contributed by atoms with Crippen LogP contribution in [0.3, 0.4) is 0 Å². The topological polar surface area (TPSA) is 65.3 Å². The highest BCUT2D eigenvalue weighted by Gasteiger charge is 2.55. The molecule has 0 bridgehead atoms. The third-order valence-corrected chi connectivity index (χ3v) is 11.1. The molecular formula is C38H49N5O2. The Morgan fingerprint density at radius 1 is 0.956 bits per heavy atom. The third kappa shape index (κ3) is 5.86. The van der Waals surface area contributed by atoms with Gasteiger partial charge in [0, 0.05) is 87.0 Å². The molecular weight excluding hydrogens is 558 g/mol. The molecule has 4 fully saturated rings. The number of methoxy groups -OCH3 is 1. The van der Waals surface area contributed by atoms with Crippen molar-refractivity contribution in [2.24, 2.45) is 11.1 Å². The van der Waals surface area contributed by atoms with Crippen LogP contribution in [0, 0.1) is 5.41 Å². The highest BCUT2D eigenvalue weighted by Crippen LogP contribution is 2.53. The zero-order valence-corrected chi connectivity index (χ0v) is 27.4. The number of likely N-dealkylation sites (N-methyl/N-ethyl adjacent to an activating group) is 1. The quantitative estimate of drug-likeness (QED) is 0.348. The first-order valence-electron chi connectivity index (χ1n) is 16.8. The number of amides is 1. The summed E-state index contributed by atoms with van der Waals surface area (Å²) in [5.41, 5.74) is 13.3. The molecule has 1 amide bonds. The maximum atomic E-state index is 11.5. The lowest BCUT2D eigenvalue weighted by atomic mass is 9.59. The van der Waals surface area contributed by atoms with Crippen molar-refractivity contribution in [3.05, 3.63) is 94.5 Å². The number of carbonyl (C=O) groups is 1. The summed E-state index contributed by atoms with van der Waals surface area (Å²) in [7, 11) is 4.00. The number of nitrogens with zero attached hydrogens (tertiary/aromatic N) is 4. The maximum Gasteiger partial charge on any atom is 0.248 e. The minimum absolute atomic E-state index is 0.369. The van der Waals surface area contributed by atoms with Crippen molar-refractivity contribution in [1.29, 1.82) is 0 Å². The molecule has 1 atom stereocenters. The molecule has 4 aliphatic rings. The molecule has 1 spiro atoms. The first kappa shape index (κ1) is 30.3. The van der Waals surface area contributed by atoms with E-state index in [1.54, 1.807) is 0 Å². The zero-order valence-electron chi connectivity index (χ0n) is 27.4. The van der Waals surface area contributed by atoms with Gasteiger partial charge in [-0.1, -0.05) is 50.2 Å². The summed E-state index contributed by atoms with van der Waals surface area (Å²) in [6.07, 6.45) is 2.52. The number of benzene rings is 3. The van der Waals surface area contributed by atoms with Gasteiger partial charge in [0.2, 0.25) is 5.91 Å². The molecule has 0 aromatic heterocycles. The van der Waals surface area contributed by atoms with Gasteiger partial charge in [0.05, 0.1) is 7.11 Å². The van der Waals surface area contributed by atoms with Crippen LogP contribution >= 0.6 is 0 Å². The Kier molecular flexibility index (Phi) is 8.13. The van der Waals surface area contributed by atoms with Crippen molar-refractivity contribution < 1.29 is 9.53 Å². The van der Waals surface area contributed by atoms with Gasteiger partial charge in [-0.3, -0.25) is 14.6 Å². The van der Waals surface area contributed by atoms with Gasteiger partial charge in [-0.15, -0.1) is 0 Å². The van der Waals surface area contributed by atoms with E-state index in [9.17, 15) is 4.79 Å². The smallest absolute Gasteiger partial charge is 0.248 e. The number of hydrogen-bond donors (Lipinski definition) is 1. The number of likely N-dealkylation sites (tertiary alicyclic amines) is 1. The summed E-state index contributed by atoms with van der Waals surface area (Å²) in [6.45, 7) is 13.3. The maximum absolute atomic E-state index is 11.5. The second kappa shape index (κ2) is 12.1. The van der Waals surface area contributed by atoms with Crippen LogP contribution in [0.1, 0.15) is 77.2 Å². The lowest BCUT2D eigenvalue weighted by Gasteiger charge is -2.63. The van der Waals surface area contributed by atoms with Crippen molar-refractivity contribution in [3.63, 3.8) is 0 Å². The molecule has 2 N–H and O–H groups in total. The Morgan fingerprint density at radius 3 is 2.36 bits per heavy atom. The molecule has 0 unspecified atom stereocenters. The van der Waals surface area contributed by atoms with Crippen molar-refractivity contribution in [3.8, 4) is 5.75 Å². The zero-order chi connectivity index (χ0) is 31.3. The molecule has 7 heteroatoms. The summed E-state index contributed by atoms with van der Waals surface area (Å²) in [5, 5.41) is 0. The number of carbonyl (C=O) groups excluding carboxylic acids is 1. The molecule has 1 aliphatic carbocycles. The van der Waals surface area contributed by atoms with Gasteiger partial charge in [0.15, 0.2) is 0 Å². The van der Waals surface area contributed by atoms with Crippen LogP contribution in [-0.4, -0.2) is 86.6 Å². The highest BCUT2D eigenvalue weighted by atomic mass is 16.5. The van der Waals surface area contributed by atoms with E-state index in [0.29, 0.717) is 34.9 Å². The minimum atomic E-state index is -0.369. The Hall–Kier alpha value is -3.39. The van der Waals surface area contributed by atoms with E-state index in [1.165, 1.54) is 40.8 Å². The number of ether oxygens (including phenoxy) is 1. The molecule has 7 rings (SSSR count). The molecule has 0 radical (unpaired) electrons. The summed E-state index contributed by atoms with van der Waals surface area (Å²) >= 11 is 0. The fourth-order valence-corrected chi connectivity index (χ4v) is 8.61. The second-order valence-corrected chi connectivity index (χ2v) is 14.6. The number of rotatable bonds is 9. The largest absolute Gasteiger partial charge is 0.496 e. The fourth-order valence-electron chi connectivity index (χ4n) is 8.61. The van der Waals surface area contributed by atoms with Crippen LogP contribution in [0.2, 0.25) is 0 Å².